The summed E-state index contributed by atoms with van der Waals surface area (Å²) in [5, 5.41) is 2.85. The van der Waals surface area contributed by atoms with E-state index in [4.69, 9.17) is 0 Å². The van der Waals surface area contributed by atoms with Gasteiger partial charge in [-0.25, -0.2) is 9.97 Å². The van der Waals surface area contributed by atoms with Crippen LogP contribution in [0.15, 0.2) is 60.9 Å². The van der Waals surface area contributed by atoms with Crippen molar-refractivity contribution in [2.75, 3.05) is 18.4 Å². The average molecular weight is 387 g/mol. The molecule has 1 aromatic carbocycles. The highest BCUT2D eigenvalue weighted by molar-refractivity contribution is 6.04. The molecule has 0 saturated carbocycles. The number of para-hydroxylation sites is 1. The Morgan fingerprint density at radius 2 is 1.86 bits per heavy atom. The fourth-order valence-corrected chi connectivity index (χ4v) is 3.43. The minimum atomic E-state index is -0.237. The zero-order valence-electron chi connectivity index (χ0n) is 16.1. The van der Waals surface area contributed by atoms with Gasteiger partial charge in [0.15, 0.2) is 0 Å². The number of hydrogen-bond acceptors (Lipinski definition) is 5. The molecule has 7 heteroatoms. The molecule has 1 N–H and O–H groups in total. The van der Waals surface area contributed by atoms with Crippen LogP contribution in [0.25, 0.3) is 0 Å². The van der Waals surface area contributed by atoms with Gasteiger partial charge >= 0.3 is 0 Å². The summed E-state index contributed by atoms with van der Waals surface area (Å²) < 4.78 is 0. The summed E-state index contributed by atoms with van der Waals surface area (Å²) in [4.78, 5) is 40.0. The first kappa shape index (κ1) is 18.7. The Labute approximate surface area is 168 Å². The second kappa shape index (κ2) is 8.18. The molecule has 1 atom stereocenters. The smallest absolute Gasteiger partial charge is 0.272 e. The number of anilines is 1. The van der Waals surface area contributed by atoms with Crippen LogP contribution < -0.4 is 5.32 Å². The van der Waals surface area contributed by atoms with Crippen molar-refractivity contribution in [3.8, 4) is 0 Å². The summed E-state index contributed by atoms with van der Waals surface area (Å²) in [5.41, 5.74) is 2.23. The van der Waals surface area contributed by atoms with Crippen molar-refractivity contribution in [3.63, 3.8) is 0 Å². The predicted octanol–water partition coefficient (Wildman–Crippen LogP) is 3.06. The number of rotatable bonds is 4. The van der Waals surface area contributed by atoms with Crippen molar-refractivity contribution in [3.05, 3.63) is 83.7 Å². The fourth-order valence-electron chi connectivity index (χ4n) is 3.43. The van der Waals surface area contributed by atoms with E-state index >= 15 is 0 Å². The first-order valence-electron chi connectivity index (χ1n) is 9.52. The van der Waals surface area contributed by atoms with Gasteiger partial charge in [-0.1, -0.05) is 24.3 Å². The molecule has 0 spiro atoms. The van der Waals surface area contributed by atoms with Gasteiger partial charge in [0.2, 0.25) is 0 Å². The van der Waals surface area contributed by atoms with Gasteiger partial charge in [-0.15, -0.1) is 0 Å². The van der Waals surface area contributed by atoms with Crippen LogP contribution in [0.3, 0.4) is 0 Å². The SMILES string of the molecule is Cc1nc([C@H]2CCN(C(=O)c3ccccn3)C2)ncc1C(=O)Nc1ccccc1. The lowest BCUT2D eigenvalue weighted by molar-refractivity contribution is 0.0784. The van der Waals surface area contributed by atoms with Crippen LogP contribution in [0.1, 0.15) is 44.7 Å². The van der Waals surface area contributed by atoms with E-state index in [0.717, 1.165) is 12.1 Å². The lowest BCUT2D eigenvalue weighted by Crippen LogP contribution is -2.29. The first-order chi connectivity index (χ1) is 14.1. The maximum atomic E-state index is 12.6. The number of carbonyl (C=O) groups is 2. The Balaban J connectivity index is 1.44. The van der Waals surface area contributed by atoms with E-state index in [-0.39, 0.29) is 17.7 Å². The van der Waals surface area contributed by atoms with Crippen LogP contribution in [0.5, 0.6) is 0 Å². The summed E-state index contributed by atoms with van der Waals surface area (Å²) >= 11 is 0. The molecule has 3 heterocycles. The third-order valence-electron chi connectivity index (χ3n) is 5.00. The Bertz CT molecular complexity index is 1020. The lowest BCUT2D eigenvalue weighted by Gasteiger charge is -2.16. The fraction of sp³-hybridized carbons (Fsp3) is 0.227. The van der Waals surface area contributed by atoms with Gasteiger partial charge in [0.05, 0.1) is 11.3 Å². The van der Waals surface area contributed by atoms with Crippen LogP contribution in [0.4, 0.5) is 5.69 Å². The van der Waals surface area contributed by atoms with Crippen LogP contribution in [0.2, 0.25) is 0 Å². The predicted molar refractivity (Wildman–Crippen MR) is 109 cm³/mol. The molecule has 146 valence electrons. The minimum Gasteiger partial charge on any atom is -0.337 e. The van der Waals surface area contributed by atoms with Crippen molar-refractivity contribution in [1.29, 1.82) is 0 Å². The van der Waals surface area contributed by atoms with Gasteiger partial charge in [0.1, 0.15) is 11.5 Å². The molecular weight excluding hydrogens is 366 g/mol. The van der Waals surface area contributed by atoms with Crippen LogP contribution in [-0.2, 0) is 0 Å². The third-order valence-corrected chi connectivity index (χ3v) is 5.00. The summed E-state index contributed by atoms with van der Waals surface area (Å²) in [6, 6.07) is 14.6. The van der Waals surface area contributed by atoms with Gasteiger partial charge < -0.3 is 10.2 Å². The standard InChI is InChI=1S/C22H21N5O2/c1-15-18(21(28)26-17-7-3-2-4-8-17)13-24-20(25-15)16-10-12-27(14-16)22(29)19-9-5-6-11-23-19/h2-9,11,13,16H,10,12,14H2,1H3,(H,26,28)/t16-/m0/s1. The molecule has 7 nitrogen and oxygen atoms in total. The third kappa shape index (κ3) is 4.13. The van der Waals surface area contributed by atoms with E-state index in [9.17, 15) is 9.59 Å². The van der Waals surface area contributed by atoms with Gasteiger partial charge in [-0.2, -0.15) is 0 Å². The van der Waals surface area contributed by atoms with Gasteiger partial charge in [0.25, 0.3) is 11.8 Å². The van der Waals surface area contributed by atoms with E-state index in [0.29, 0.717) is 35.9 Å². The van der Waals surface area contributed by atoms with E-state index < -0.39 is 0 Å². The summed E-state index contributed by atoms with van der Waals surface area (Å²) in [6.45, 7) is 2.99. The van der Waals surface area contributed by atoms with Crippen LogP contribution in [-0.4, -0.2) is 44.8 Å². The maximum Gasteiger partial charge on any atom is 0.272 e. The second-order valence-corrected chi connectivity index (χ2v) is 7.00. The molecular formula is C22H21N5O2. The largest absolute Gasteiger partial charge is 0.337 e. The molecule has 29 heavy (non-hydrogen) atoms. The highest BCUT2D eigenvalue weighted by atomic mass is 16.2. The van der Waals surface area contributed by atoms with Gasteiger partial charge in [0, 0.05) is 37.1 Å². The summed E-state index contributed by atoms with van der Waals surface area (Å²) in [7, 11) is 0. The highest BCUT2D eigenvalue weighted by Crippen LogP contribution is 2.26. The monoisotopic (exact) mass is 387 g/mol. The minimum absolute atomic E-state index is 0.0487. The zero-order chi connectivity index (χ0) is 20.2. The molecule has 2 aromatic heterocycles. The maximum absolute atomic E-state index is 12.6. The topological polar surface area (TPSA) is 88.1 Å². The van der Waals surface area contributed by atoms with Crippen LogP contribution >= 0.6 is 0 Å². The molecule has 0 unspecified atom stereocenters. The van der Waals surface area contributed by atoms with E-state index in [2.05, 4.69) is 20.3 Å². The van der Waals surface area contributed by atoms with Gasteiger partial charge in [-0.05, 0) is 37.6 Å². The summed E-state index contributed by atoms with van der Waals surface area (Å²) in [5.74, 6) is 0.394. The van der Waals surface area contributed by atoms with Crippen molar-refractivity contribution >= 4 is 17.5 Å². The van der Waals surface area contributed by atoms with E-state index in [1.54, 1.807) is 42.4 Å². The van der Waals surface area contributed by atoms with Gasteiger partial charge in [-0.3, -0.25) is 14.6 Å². The van der Waals surface area contributed by atoms with Crippen molar-refractivity contribution in [1.82, 2.24) is 19.9 Å². The number of nitrogens with zero attached hydrogens (tertiary/aromatic N) is 4. The number of likely N-dealkylation sites (tertiary alicyclic amines) is 1. The number of aromatic nitrogens is 3. The first-order valence-corrected chi connectivity index (χ1v) is 9.52. The van der Waals surface area contributed by atoms with E-state index in [1.165, 1.54) is 0 Å². The molecule has 1 saturated heterocycles. The van der Waals surface area contributed by atoms with E-state index in [1.807, 2.05) is 30.3 Å². The number of hydrogen-bond donors (Lipinski definition) is 1. The molecule has 3 aromatic rings. The van der Waals surface area contributed by atoms with Crippen LogP contribution in [0, 0.1) is 6.92 Å². The number of nitrogens with one attached hydrogen (secondary N) is 1. The second-order valence-electron chi connectivity index (χ2n) is 7.00. The molecule has 0 aliphatic carbocycles. The molecule has 1 fully saturated rings. The Hall–Kier alpha value is -3.61. The molecule has 1 aliphatic rings. The lowest BCUT2D eigenvalue weighted by atomic mass is 10.1. The Morgan fingerprint density at radius 1 is 1.07 bits per heavy atom. The number of amides is 2. The summed E-state index contributed by atoms with van der Waals surface area (Å²) in [6.07, 6.45) is 3.97. The Kier molecular flexibility index (Phi) is 5.29. The quantitative estimate of drug-likeness (QED) is 0.743. The average Bonchev–Trinajstić information content (AvgIpc) is 3.24. The highest BCUT2D eigenvalue weighted by Gasteiger charge is 2.30. The molecule has 4 rings (SSSR count). The number of aryl methyl sites for hydroxylation is 1. The number of carbonyl (C=O) groups excluding carboxylic acids is 2. The molecule has 0 radical (unpaired) electrons. The molecule has 0 bridgehead atoms. The molecule has 1 aliphatic heterocycles. The van der Waals surface area contributed by atoms with Crippen molar-refractivity contribution in [2.24, 2.45) is 0 Å². The number of pyridine rings is 1. The Morgan fingerprint density at radius 3 is 2.59 bits per heavy atom. The zero-order valence-corrected chi connectivity index (χ0v) is 16.1. The van der Waals surface area contributed by atoms with Crippen molar-refractivity contribution in [2.45, 2.75) is 19.3 Å². The number of benzene rings is 1. The normalized spacial score (nSPS) is 15.9. The molecule has 2 amide bonds. The van der Waals surface area contributed by atoms with Crippen molar-refractivity contribution < 1.29 is 9.59 Å².